The molecule has 0 amide bonds. The summed E-state index contributed by atoms with van der Waals surface area (Å²) in [6.07, 6.45) is 10.3. The first-order chi connectivity index (χ1) is 7.77. The van der Waals surface area contributed by atoms with E-state index >= 15 is 0 Å². The molecule has 0 unspecified atom stereocenters. The van der Waals surface area contributed by atoms with Crippen LogP contribution in [0.1, 0.15) is 12.8 Å². The summed E-state index contributed by atoms with van der Waals surface area (Å²) in [5.74, 6) is 0.185. The van der Waals surface area contributed by atoms with Crippen LogP contribution in [-0.2, 0) is 31.0 Å². The molecule has 1 saturated heterocycles. The molecule has 0 saturated carbocycles. The molecule has 0 aromatic heterocycles. The summed E-state index contributed by atoms with van der Waals surface area (Å²) in [6.45, 7) is 3.80. The zero-order valence-corrected chi connectivity index (χ0v) is 15.8. The summed E-state index contributed by atoms with van der Waals surface area (Å²) in [4.78, 5) is 11.3. The van der Waals surface area contributed by atoms with Crippen LogP contribution in [0.15, 0.2) is 39.8 Å². The Balaban J connectivity index is 0. The predicted octanol–water partition coefficient (Wildman–Crippen LogP) is -5.21. The number of hydrogen-bond acceptors (Lipinski definition) is 2. The molecule has 1 aliphatic heterocycles. The number of rotatable bonds is 2. The van der Waals surface area contributed by atoms with Gasteiger partial charge < -0.3 is 41.6 Å². The summed E-state index contributed by atoms with van der Waals surface area (Å²) in [7, 11) is -0.116. The second-order valence-electron chi connectivity index (χ2n) is 3.87. The first-order valence-corrected chi connectivity index (χ1v) is 6.89. The Morgan fingerprint density at radius 1 is 1.37 bits per heavy atom. The molecule has 3 aliphatic rings. The van der Waals surface area contributed by atoms with Crippen molar-refractivity contribution in [3.05, 3.63) is 52.8 Å². The van der Waals surface area contributed by atoms with Gasteiger partial charge in [0.1, 0.15) is 5.78 Å². The first kappa shape index (κ1) is 21.6. The maximum absolute atomic E-state index is 11.3. The van der Waals surface area contributed by atoms with E-state index in [9.17, 15) is 4.79 Å². The second-order valence-corrected chi connectivity index (χ2v) is 5.64. The van der Waals surface area contributed by atoms with Crippen molar-refractivity contribution >= 4 is 15.3 Å². The Labute approximate surface area is 147 Å². The van der Waals surface area contributed by atoms with Crippen LogP contribution in [0.25, 0.3) is 0 Å². The van der Waals surface area contributed by atoms with Gasteiger partial charge in [0, 0.05) is 16.1 Å². The van der Waals surface area contributed by atoms with Crippen LogP contribution in [-0.4, -0.2) is 27.0 Å². The van der Waals surface area contributed by atoms with E-state index in [0.717, 1.165) is 24.0 Å². The molecule has 100 valence electrons. The van der Waals surface area contributed by atoms with Crippen LogP contribution < -0.4 is 24.8 Å². The van der Waals surface area contributed by atoms with Crippen molar-refractivity contribution in [1.82, 2.24) is 0 Å². The number of aliphatic hydroxyl groups excluding tert-OH is 1. The van der Waals surface area contributed by atoms with Gasteiger partial charge in [0.05, 0.1) is 0 Å². The molecule has 1 N–H and O–H groups in total. The molecule has 19 heavy (non-hydrogen) atoms. The standard InChI is InChI=1S/C9H5OSi.C4H9O.2ClH.Zr/c10-6-3-1-2-5-4-7-9(11-7)8(5)6;1-2-3-4-5;;;/h1-3H,11H2;5H,1-4H2;2*1H;/q2*-1;;;+4/p-2. The maximum Gasteiger partial charge on any atom is 4.00 e. The summed E-state index contributed by atoms with van der Waals surface area (Å²) in [6, 6.07) is 0. The van der Waals surface area contributed by atoms with Crippen LogP contribution in [0.2, 0.25) is 0 Å². The number of halogens is 2. The van der Waals surface area contributed by atoms with Crippen molar-refractivity contribution < 1.29 is 60.9 Å². The Kier molecular flexibility index (Phi) is 11.4. The van der Waals surface area contributed by atoms with Gasteiger partial charge in [0.15, 0.2) is 0 Å². The number of carbonyl (C=O) groups excluding carboxylic acids is 1. The average molecular weight is 392 g/mol. The Hall–Kier alpha value is 0.270. The van der Waals surface area contributed by atoms with E-state index in [-0.39, 0.29) is 72.9 Å². The quantitative estimate of drug-likeness (QED) is 0.377. The zero-order valence-electron chi connectivity index (χ0n) is 10.4. The molecular formula is C13H14Cl2O2SiZr. The van der Waals surface area contributed by atoms with E-state index in [0.29, 0.717) is 0 Å². The van der Waals surface area contributed by atoms with Crippen LogP contribution in [0.4, 0.5) is 0 Å². The maximum atomic E-state index is 11.3. The average Bonchev–Trinajstić information content (AvgIpc) is 2.92. The van der Waals surface area contributed by atoms with Crippen molar-refractivity contribution in [2.75, 3.05) is 6.61 Å². The van der Waals surface area contributed by atoms with Gasteiger partial charge in [0.2, 0.25) is 0 Å². The Bertz CT molecular complexity index is 452. The van der Waals surface area contributed by atoms with Crippen molar-refractivity contribution in [2.45, 2.75) is 12.8 Å². The Morgan fingerprint density at radius 2 is 2.05 bits per heavy atom. The SMILES string of the molecule is O=C1C=CC=C2[C-]=C3[SiH2]C3=C12.[CH2-]CCCO.[Cl-].[Cl-].[Zr+4]. The molecule has 0 radical (unpaired) electrons. The fourth-order valence-corrected chi connectivity index (χ4v) is 3.06. The predicted molar refractivity (Wildman–Crippen MR) is 66.2 cm³/mol. The van der Waals surface area contributed by atoms with Crippen molar-refractivity contribution in [1.29, 1.82) is 0 Å². The molecule has 0 aromatic rings. The van der Waals surface area contributed by atoms with Gasteiger partial charge in [-0.1, -0.05) is 12.0 Å². The molecule has 3 rings (SSSR count). The van der Waals surface area contributed by atoms with E-state index in [2.05, 4.69) is 13.0 Å². The zero-order chi connectivity index (χ0) is 11.5. The largest absolute Gasteiger partial charge is 4.00 e. The minimum atomic E-state index is -0.116. The molecule has 2 nitrogen and oxygen atoms in total. The van der Waals surface area contributed by atoms with Crippen LogP contribution in [0.3, 0.4) is 0 Å². The molecule has 0 aromatic carbocycles. The van der Waals surface area contributed by atoms with E-state index in [1.165, 1.54) is 10.4 Å². The van der Waals surface area contributed by atoms with Gasteiger partial charge in [-0.25, -0.2) is 0 Å². The van der Waals surface area contributed by atoms with E-state index in [1.54, 1.807) is 6.08 Å². The number of fused-ring (bicyclic) bond motifs is 2. The van der Waals surface area contributed by atoms with Gasteiger partial charge in [-0.15, -0.1) is 23.8 Å². The molecule has 1 heterocycles. The molecule has 2 aliphatic carbocycles. The molecule has 0 bridgehead atoms. The monoisotopic (exact) mass is 390 g/mol. The summed E-state index contributed by atoms with van der Waals surface area (Å²) in [5, 5.41) is 10.8. The van der Waals surface area contributed by atoms with Crippen molar-refractivity contribution in [3.63, 3.8) is 0 Å². The van der Waals surface area contributed by atoms with Gasteiger partial charge >= 0.3 is 26.2 Å². The fraction of sp³-hybridized carbons (Fsp3) is 0.231. The molecule has 0 spiro atoms. The van der Waals surface area contributed by atoms with Gasteiger partial charge in [0.25, 0.3) is 0 Å². The smallest absolute Gasteiger partial charge is 1.00 e. The number of allylic oxidation sites excluding steroid dienone is 8. The topological polar surface area (TPSA) is 37.3 Å². The normalized spacial score (nSPS) is 17.7. The van der Waals surface area contributed by atoms with E-state index < -0.39 is 0 Å². The third kappa shape index (κ3) is 5.28. The second kappa shape index (κ2) is 10.1. The van der Waals surface area contributed by atoms with Crippen LogP contribution in [0, 0.1) is 13.0 Å². The number of hydrogen-bond donors (Lipinski definition) is 1. The number of unbranched alkanes of at least 4 members (excludes halogenated alkanes) is 1. The molecular weight excluding hydrogens is 378 g/mol. The van der Waals surface area contributed by atoms with Gasteiger partial charge in [-0.2, -0.15) is 16.8 Å². The molecule has 0 atom stereocenters. The third-order valence-corrected chi connectivity index (χ3v) is 4.21. The minimum absolute atomic E-state index is 0. The first-order valence-electron chi connectivity index (χ1n) is 5.47. The number of aliphatic hydroxyl groups is 1. The number of carbonyl (C=O) groups is 1. The van der Waals surface area contributed by atoms with Crippen LogP contribution >= 0.6 is 0 Å². The number of ketones is 1. The molecule has 6 heteroatoms. The van der Waals surface area contributed by atoms with Crippen molar-refractivity contribution in [3.8, 4) is 0 Å². The minimum Gasteiger partial charge on any atom is -1.00 e. The van der Waals surface area contributed by atoms with Gasteiger partial charge in [-0.3, -0.25) is 0 Å². The van der Waals surface area contributed by atoms with Crippen LogP contribution in [0.5, 0.6) is 0 Å². The van der Waals surface area contributed by atoms with E-state index in [4.69, 9.17) is 5.11 Å². The van der Waals surface area contributed by atoms with Gasteiger partial charge in [-0.05, 0) is 6.08 Å². The summed E-state index contributed by atoms with van der Waals surface area (Å²) in [5.41, 5.74) is 2.00. The summed E-state index contributed by atoms with van der Waals surface area (Å²) < 4.78 is 0. The Morgan fingerprint density at radius 3 is 2.53 bits per heavy atom. The third-order valence-electron chi connectivity index (χ3n) is 2.61. The molecule has 1 fully saturated rings. The fourth-order valence-electron chi connectivity index (χ4n) is 1.71. The summed E-state index contributed by atoms with van der Waals surface area (Å²) >= 11 is 0. The van der Waals surface area contributed by atoms with Crippen molar-refractivity contribution in [2.24, 2.45) is 0 Å². The van der Waals surface area contributed by atoms with E-state index in [1.807, 2.05) is 12.2 Å².